The molecule has 2 atom stereocenters. The minimum atomic E-state index is -4.22. The summed E-state index contributed by atoms with van der Waals surface area (Å²) in [6.45, 7) is 3.05. The van der Waals surface area contributed by atoms with Crippen LogP contribution in [0.3, 0.4) is 0 Å². The van der Waals surface area contributed by atoms with Gasteiger partial charge in [-0.2, -0.15) is 0 Å². The Balaban J connectivity index is 1.72. The van der Waals surface area contributed by atoms with Crippen LogP contribution in [-0.4, -0.2) is 54.0 Å². The number of nitrogens with zero attached hydrogens (tertiary/aromatic N) is 2. The van der Waals surface area contributed by atoms with Gasteiger partial charge in [-0.3, -0.25) is 14.4 Å². The predicted molar refractivity (Wildman–Crippen MR) is 148 cm³/mol. The zero-order valence-corrected chi connectivity index (χ0v) is 23.3. The second-order valence-electron chi connectivity index (χ2n) is 9.49. The van der Waals surface area contributed by atoms with E-state index in [2.05, 4.69) is 5.32 Å². The summed E-state index contributed by atoms with van der Waals surface area (Å²) in [5.74, 6) is -1.83. The van der Waals surface area contributed by atoms with Gasteiger partial charge in [0.05, 0.1) is 5.56 Å². The Kier molecular flexibility index (Phi) is 8.72. The number of amides is 3. The Morgan fingerprint density at radius 3 is 2.31 bits per heavy atom. The van der Waals surface area contributed by atoms with Gasteiger partial charge in [-0.05, 0) is 48.7 Å². The van der Waals surface area contributed by atoms with Gasteiger partial charge >= 0.3 is 0 Å². The number of hydrogen-bond donors (Lipinski definition) is 1. The number of fused-ring (bicyclic) bond motifs is 1. The summed E-state index contributed by atoms with van der Waals surface area (Å²) in [6, 6.07) is 20.9. The summed E-state index contributed by atoms with van der Waals surface area (Å²) >= 11 is 6.20. The quantitative estimate of drug-likeness (QED) is 0.398. The number of benzene rings is 3. The highest BCUT2D eigenvalue weighted by Crippen LogP contribution is 2.30. The van der Waals surface area contributed by atoms with Crippen LogP contribution in [0.25, 0.3) is 0 Å². The smallest absolute Gasteiger partial charge is 0.269 e. The lowest BCUT2D eigenvalue weighted by Gasteiger charge is -2.33. The minimum Gasteiger partial charge on any atom is -0.352 e. The maximum absolute atomic E-state index is 13.9. The molecule has 39 heavy (non-hydrogen) atoms. The highest BCUT2D eigenvalue weighted by Gasteiger charge is 2.43. The zero-order valence-electron chi connectivity index (χ0n) is 21.7. The molecule has 0 radical (unpaired) electrons. The lowest BCUT2D eigenvalue weighted by Crippen LogP contribution is -2.54. The molecular weight excluding hydrogens is 538 g/mol. The van der Waals surface area contributed by atoms with Crippen molar-refractivity contribution in [1.82, 2.24) is 14.5 Å². The van der Waals surface area contributed by atoms with Gasteiger partial charge in [-0.25, -0.2) is 12.7 Å². The molecule has 3 amide bonds. The number of rotatable bonds is 10. The molecule has 0 aromatic heterocycles. The van der Waals surface area contributed by atoms with Gasteiger partial charge in [-0.15, -0.1) is 0 Å². The van der Waals surface area contributed by atoms with Crippen molar-refractivity contribution in [2.45, 2.75) is 50.2 Å². The molecule has 1 N–H and O–H groups in total. The van der Waals surface area contributed by atoms with E-state index in [0.29, 0.717) is 21.3 Å². The van der Waals surface area contributed by atoms with Crippen LogP contribution in [0.5, 0.6) is 0 Å². The summed E-state index contributed by atoms with van der Waals surface area (Å²) in [4.78, 5) is 41.7. The molecule has 0 saturated carbocycles. The molecule has 204 valence electrons. The average molecular weight is 568 g/mol. The van der Waals surface area contributed by atoms with E-state index in [9.17, 15) is 22.8 Å². The minimum absolute atomic E-state index is 0.0140. The Labute approximate surface area is 233 Å². The first-order chi connectivity index (χ1) is 18.6. The van der Waals surface area contributed by atoms with Gasteiger partial charge in [-0.1, -0.05) is 73.1 Å². The molecule has 1 aliphatic rings. The topological polar surface area (TPSA) is 104 Å². The van der Waals surface area contributed by atoms with E-state index in [0.717, 1.165) is 5.56 Å². The van der Waals surface area contributed by atoms with Crippen molar-refractivity contribution in [3.05, 3.63) is 101 Å². The van der Waals surface area contributed by atoms with Crippen LogP contribution < -0.4 is 5.32 Å². The number of hydrogen-bond acceptors (Lipinski definition) is 5. The molecule has 0 bridgehead atoms. The fourth-order valence-electron chi connectivity index (χ4n) is 4.43. The third-order valence-corrected chi connectivity index (χ3v) is 8.73. The maximum atomic E-state index is 13.9. The van der Waals surface area contributed by atoms with Crippen molar-refractivity contribution in [3.8, 4) is 0 Å². The van der Waals surface area contributed by atoms with E-state index in [1.54, 1.807) is 30.3 Å². The number of carbonyl (C=O) groups excluding carboxylic acids is 3. The van der Waals surface area contributed by atoms with Crippen molar-refractivity contribution in [2.75, 3.05) is 6.54 Å². The average Bonchev–Trinajstić information content (AvgIpc) is 3.11. The molecule has 10 heteroatoms. The van der Waals surface area contributed by atoms with Gasteiger partial charge in [0.1, 0.15) is 17.5 Å². The second-order valence-corrected chi connectivity index (χ2v) is 11.8. The Morgan fingerprint density at radius 1 is 0.974 bits per heavy atom. The van der Waals surface area contributed by atoms with E-state index in [1.807, 2.05) is 44.2 Å². The van der Waals surface area contributed by atoms with E-state index in [1.165, 1.54) is 23.1 Å². The summed E-state index contributed by atoms with van der Waals surface area (Å²) in [6.07, 6.45) is 0.876. The molecule has 0 fully saturated rings. The van der Waals surface area contributed by atoms with Crippen molar-refractivity contribution in [1.29, 1.82) is 0 Å². The second kappa shape index (κ2) is 12.0. The lowest BCUT2D eigenvalue weighted by atomic mass is 10.0. The van der Waals surface area contributed by atoms with Crippen LogP contribution in [0.15, 0.2) is 83.8 Å². The van der Waals surface area contributed by atoms with E-state index in [4.69, 9.17) is 11.6 Å². The fraction of sp³-hybridized carbons (Fsp3) is 0.276. The van der Waals surface area contributed by atoms with Crippen LogP contribution in [-0.2, 0) is 32.6 Å². The van der Waals surface area contributed by atoms with E-state index < -0.39 is 34.4 Å². The van der Waals surface area contributed by atoms with Crippen LogP contribution >= 0.6 is 11.6 Å². The SMILES string of the molecule is CC[C@@H](C)NC(=O)[C@H](Cc1ccccc1)N(Cc1cccc(Cl)c1)C(=O)CN1C(=O)c2ccccc2S1(=O)=O. The summed E-state index contributed by atoms with van der Waals surface area (Å²) in [7, 11) is -4.22. The molecule has 3 aromatic carbocycles. The molecule has 0 saturated heterocycles. The number of nitrogens with one attached hydrogen (secondary N) is 1. The first-order valence-corrected chi connectivity index (χ1v) is 14.5. The largest absolute Gasteiger partial charge is 0.352 e. The van der Waals surface area contributed by atoms with Crippen LogP contribution in [0.1, 0.15) is 41.8 Å². The van der Waals surface area contributed by atoms with Crippen molar-refractivity contribution in [2.24, 2.45) is 0 Å². The Morgan fingerprint density at radius 2 is 1.64 bits per heavy atom. The molecule has 4 rings (SSSR count). The van der Waals surface area contributed by atoms with Crippen LogP contribution in [0.2, 0.25) is 5.02 Å². The van der Waals surface area contributed by atoms with Crippen LogP contribution in [0.4, 0.5) is 0 Å². The molecule has 0 aliphatic carbocycles. The van der Waals surface area contributed by atoms with Gasteiger partial charge < -0.3 is 10.2 Å². The summed E-state index contributed by atoms with van der Waals surface area (Å²) in [5.41, 5.74) is 1.49. The van der Waals surface area contributed by atoms with Gasteiger partial charge in [0.25, 0.3) is 15.9 Å². The van der Waals surface area contributed by atoms with E-state index in [-0.39, 0.29) is 35.4 Å². The maximum Gasteiger partial charge on any atom is 0.269 e. The van der Waals surface area contributed by atoms with Crippen molar-refractivity contribution in [3.63, 3.8) is 0 Å². The molecule has 3 aromatic rings. The highest BCUT2D eigenvalue weighted by atomic mass is 35.5. The van der Waals surface area contributed by atoms with Gasteiger partial charge in [0.2, 0.25) is 11.8 Å². The van der Waals surface area contributed by atoms with Gasteiger partial charge in [0.15, 0.2) is 0 Å². The predicted octanol–water partition coefficient (Wildman–Crippen LogP) is 4.04. The molecule has 1 heterocycles. The third kappa shape index (κ3) is 6.32. The first kappa shape index (κ1) is 28.3. The summed E-state index contributed by atoms with van der Waals surface area (Å²) in [5, 5.41) is 3.41. The highest BCUT2D eigenvalue weighted by molar-refractivity contribution is 7.90. The fourth-order valence-corrected chi connectivity index (χ4v) is 6.16. The standard InChI is InChI=1S/C29H30ClN3O5S/c1-3-20(2)31-28(35)25(17-21-10-5-4-6-11-21)32(18-22-12-9-13-23(30)16-22)27(34)19-33-29(36)24-14-7-8-15-26(24)39(33,37)38/h4-16,20,25H,3,17-19H2,1-2H3,(H,31,35)/t20-,25+/m1/s1. The Hall–Kier alpha value is -3.69. The van der Waals surface area contributed by atoms with Crippen molar-refractivity contribution < 1.29 is 22.8 Å². The number of carbonyl (C=O) groups is 3. The first-order valence-electron chi connectivity index (χ1n) is 12.7. The molecular formula is C29H30ClN3O5S. The number of sulfonamides is 1. The van der Waals surface area contributed by atoms with Crippen molar-refractivity contribution >= 4 is 39.3 Å². The molecule has 8 nitrogen and oxygen atoms in total. The van der Waals surface area contributed by atoms with Crippen LogP contribution in [0, 0.1) is 0 Å². The monoisotopic (exact) mass is 567 g/mol. The molecule has 0 spiro atoms. The van der Waals surface area contributed by atoms with E-state index >= 15 is 0 Å². The molecule has 0 unspecified atom stereocenters. The molecule has 1 aliphatic heterocycles. The van der Waals surface area contributed by atoms with Gasteiger partial charge in [0, 0.05) is 24.0 Å². The third-order valence-electron chi connectivity index (χ3n) is 6.70. The Bertz CT molecular complexity index is 1480. The number of halogens is 1. The normalized spacial score (nSPS) is 15.4. The lowest BCUT2D eigenvalue weighted by molar-refractivity contribution is -0.141. The summed E-state index contributed by atoms with van der Waals surface area (Å²) < 4.78 is 26.9. The zero-order chi connectivity index (χ0) is 28.2.